The summed E-state index contributed by atoms with van der Waals surface area (Å²) >= 11 is 0. The summed E-state index contributed by atoms with van der Waals surface area (Å²) in [7, 11) is 2.28. The molecule has 1 saturated heterocycles. The molecule has 20 heavy (non-hydrogen) atoms. The number of hydrogen-bond donors (Lipinski definition) is 1. The summed E-state index contributed by atoms with van der Waals surface area (Å²) in [6, 6.07) is 2.15. The van der Waals surface area contributed by atoms with Crippen LogP contribution in [0.1, 0.15) is 52.9 Å². The summed E-state index contributed by atoms with van der Waals surface area (Å²) in [4.78, 5) is 5.26. The van der Waals surface area contributed by atoms with Gasteiger partial charge in [0.15, 0.2) is 0 Å². The number of nitrogens with zero attached hydrogens (tertiary/aromatic N) is 2. The van der Waals surface area contributed by atoms with Crippen LogP contribution >= 0.6 is 0 Å². The van der Waals surface area contributed by atoms with E-state index in [1.807, 2.05) is 0 Å². The molecule has 1 heterocycles. The zero-order valence-corrected chi connectivity index (χ0v) is 14.1. The monoisotopic (exact) mass is 281 g/mol. The van der Waals surface area contributed by atoms with E-state index in [0.717, 1.165) is 18.5 Å². The zero-order chi connectivity index (χ0) is 14.5. The third kappa shape index (κ3) is 4.19. The first-order chi connectivity index (χ1) is 9.61. The van der Waals surface area contributed by atoms with E-state index in [2.05, 4.69) is 42.9 Å². The van der Waals surface area contributed by atoms with E-state index < -0.39 is 0 Å². The van der Waals surface area contributed by atoms with Crippen molar-refractivity contribution in [3.8, 4) is 0 Å². The Morgan fingerprint density at radius 1 is 1.00 bits per heavy atom. The van der Waals surface area contributed by atoms with Crippen LogP contribution in [0.15, 0.2) is 0 Å². The van der Waals surface area contributed by atoms with Gasteiger partial charge in [0, 0.05) is 37.8 Å². The van der Waals surface area contributed by atoms with Crippen LogP contribution in [0.4, 0.5) is 0 Å². The van der Waals surface area contributed by atoms with E-state index in [1.165, 1.54) is 51.7 Å². The highest BCUT2D eigenvalue weighted by Gasteiger charge is 2.30. The van der Waals surface area contributed by atoms with Crippen LogP contribution < -0.4 is 5.32 Å². The van der Waals surface area contributed by atoms with Gasteiger partial charge < -0.3 is 5.32 Å². The van der Waals surface area contributed by atoms with E-state index >= 15 is 0 Å². The fraction of sp³-hybridized carbons (Fsp3) is 1.00. The lowest BCUT2D eigenvalue weighted by molar-refractivity contribution is 0.0456. The zero-order valence-electron chi connectivity index (χ0n) is 14.1. The molecule has 2 rings (SSSR count). The first-order valence-electron chi connectivity index (χ1n) is 8.79. The second kappa shape index (κ2) is 7.77. The second-order valence-corrected chi connectivity index (χ2v) is 7.14. The normalized spacial score (nSPS) is 37.8. The Labute approximate surface area is 126 Å². The first kappa shape index (κ1) is 16.3. The molecule has 0 aromatic carbocycles. The van der Waals surface area contributed by atoms with Crippen LogP contribution in [-0.2, 0) is 0 Å². The topological polar surface area (TPSA) is 18.5 Å². The van der Waals surface area contributed by atoms with Crippen LogP contribution in [0.25, 0.3) is 0 Å². The molecule has 0 aromatic heterocycles. The smallest absolute Gasteiger partial charge is 0.0195 e. The summed E-state index contributed by atoms with van der Waals surface area (Å²) < 4.78 is 0. The minimum atomic E-state index is 0.696. The minimum absolute atomic E-state index is 0.696. The van der Waals surface area contributed by atoms with Gasteiger partial charge in [0.1, 0.15) is 0 Å². The van der Waals surface area contributed by atoms with E-state index in [-0.39, 0.29) is 0 Å². The lowest BCUT2D eigenvalue weighted by Crippen LogP contribution is -2.56. The Morgan fingerprint density at radius 2 is 1.65 bits per heavy atom. The highest BCUT2D eigenvalue weighted by atomic mass is 15.3. The fourth-order valence-electron chi connectivity index (χ4n) is 4.13. The highest BCUT2D eigenvalue weighted by molar-refractivity contribution is 4.87. The standard InChI is InChI=1S/C17H35N3/c1-5-18-17-10-8-6-7-9-16(17)13-20-11-14(2)19(4)15(3)12-20/h14-18H,5-13H2,1-4H3. The molecule has 1 saturated carbocycles. The fourth-order valence-corrected chi connectivity index (χ4v) is 4.13. The molecular formula is C17H35N3. The molecule has 0 aromatic rings. The van der Waals surface area contributed by atoms with Gasteiger partial charge in [0.25, 0.3) is 0 Å². The van der Waals surface area contributed by atoms with Crippen molar-refractivity contribution in [2.24, 2.45) is 5.92 Å². The quantitative estimate of drug-likeness (QED) is 0.799. The number of rotatable bonds is 4. The molecule has 0 bridgehead atoms. The molecular weight excluding hydrogens is 246 g/mol. The van der Waals surface area contributed by atoms with E-state index in [9.17, 15) is 0 Å². The molecule has 3 heteroatoms. The first-order valence-corrected chi connectivity index (χ1v) is 8.79. The Hall–Kier alpha value is -0.120. The van der Waals surface area contributed by atoms with Gasteiger partial charge in [-0.05, 0) is 46.2 Å². The molecule has 1 aliphatic carbocycles. The predicted molar refractivity (Wildman–Crippen MR) is 87.2 cm³/mol. The highest BCUT2D eigenvalue weighted by Crippen LogP contribution is 2.26. The molecule has 118 valence electrons. The Morgan fingerprint density at radius 3 is 2.30 bits per heavy atom. The van der Waals surface area contributed by atoms with Crippen molar-refractivity contribution in [3.63, 3.8) is 0 Å². The average Bonchev–Trinajstić information content (AvgIpc) is 2.62. The maximum Gasteiger partial charge on any atom is 0.0195 e. The summed E-state index contributed by atoms with van der Waals surface area (Å²) in [6.45, 7) is 11.9. The lowest BCUT2D eigenvalue weighted by Gasteiger charge is -2.44. The van der Waals surface area contributed by atoms with Gasteiger partial charge in [-0.25, -0.2) is 0 Å². The summed E-state index contributed by atoms with van der Waals surface area (Å²) in [6.07, 6.45) is 7.10. The van der Waals surface area contributed by atoms with Gasteiger partial charge >= 0.3 is 0 Å². The van der Waals surface area contributed by atoms with Crippen LogP contribution in [0.3, 0.4) is 0 Å². The second-order valence-electron chi connectivity index (χ2n) is 7.14. The Balaban J connectivity index is 1.92. The molecule has 4 atom stereocenters. The number of hydrogen-bond acceptors (Lipinski definition) is 3. The van der Waals surface area contributed by atoms with Crippen molar-refractivity contribution in [3.05, 3.63) is 0 Å². The van der Waals surface area contributed by atoms with Crippen LogP contribution in [0.5, 0.6) is 0 Å². The summed E-state index contributed by atoms with van der Waals surface area (Å²) in [5.74, 6) is 0.861. The van der Waals surface area contributed by atoms with E-state index in [4.69, 9.17) is 0 Å². The summed E-state index contributed by atoms with van der Waals surface area (Å²) in [5.41, 5.74) is 0. The lowest BCUT2D eigenvalue weighted by atomic mass is 9.93. The van der Waals surface area contributed by atoms with Crippen molar-refractivity contribution >= 4 is 0 Å². The number of piperazine rings is 1. The number of likely N-dealkylation sites (N-methyl/N-ethyl adjacent to an activating group) is 1. The third-order valence-corrected chi connectivity index (χ3v) is 5.55. The van der Waals surface area contributed by atoms with Crippen LogP contribution in [0, 0.1) is 5.92 Å². The molecule has 3 nitrogen and oxygen atoms in total. The van der Waals surface area contributed by atoms with Gasteiger partial charge in [0.05, 0.1) is 0 Å². The number of nitrogens with one attached hydrogen (secondary N) is 1. The largest absolute Gasteiger partial charge is 0.314 e. The van der Waals surface area contributed by atoms with Gasteiger partial charge in [-0.2, -0.15) is 0 Å². The molecule has 1 aliphatic heterocycles. The van der Waals surface area contributed by atoms with E-state index in [0.29, 0.717) is 12.1 Å². The van der Waals surface area contributed by atoms with Crippen molar-refractivity contribution in [2.45, 2.75) is 71.0 Å². The average molecular weight is 281 g/mol. The molecule has 0 radical (unpaired) electrons. The molecule has 0 amide bonds. The molecule has 0 spiro atoms. The SMILES string of the molecule is CCNC1CCCCCC1CN1CC(C)N(C)C(C)C1. The van der Waals surface area contributed by atoms with Crippen molar-refractivity contribution in [1.29, 1.82) is 0 Å². The predicted octanol–water partition coefficient (Wildman–Crippen LogP) is 2.57. The Kier molecular flexibility index (Phi) is 6.31. The van der Waals surface area contributed by atoms with Crippen molar-refractivity contribution in [2.75, 3.05) is 33.2 Å². The van der Waals surface area contributed by atoms with Gasteiger partial charge in [-0.15, -0.1) is 0 Å². The Bertz CT molecular complexity index is 269. The minimum Gasteiger partial charge on any atom is -0.314 e. The molecule has 2 aliphatic rings. The van der Waals surface area contributed by atoms with Gasteiger partial charge in [-0.3, -0.25) is 9.80 Å². The van der Waals surface area contributed by atoms with Crippen molar-refractivity contribution < 1.29 is 0 Å². The maximum atomic E-state index is 3.76. The van der Waals surface area contributed by atoms with Crippen molar-refractivity contribution in [1.82, 2.24) is 15.1 Å². The van der Waals surface area contributed by atoms with Crippen LogP contribution in [0.2, 0.25) is 0 Å². The van der Waals surface area contributed by atoms with Gasteiger partial charge in [0.2, 0.25) is 0 Å². The van der Waals surface area contributed by atoms with E-state index in [1.54, 1.807) is 0 Å². The third-order valence-electron chi connectivity index (χ3n) is 5.55. The summed E-state index contributed by atoms with van der Waals surface area (Å²) in [5, 5.41) is 3.76. The van der Waals surface area contributed by atoms with Crippen LogP contribution in [-0.4, -0.2) is 61.2 Å². The molecule has 2 fully saturated rings. The van der Waals surface area contributed by atoms with Gasteiger partial charge in [-0.1, -0.05) is 26.2 Å². The molecule has 1 N–H and O–H groups in total. The molecule has 4 unspecified atom stereocenters. The maximum absolute atomic E-state index is 3.76.